The van der Waals surface area contributed by atoms with Crippen molar-refractivity contribution in [2.24, 2.45) is 0 Å². The van der Waals surface area contributed by atoms with Crippen LogP contribution in [0.3, 0.4) is 0 Å². The maximum atomic E-state index is 11.7. The molecule has 0 radical (unpaired) electrons. The minimum Gasteiger partial charge on any atom is -0.493 e. The Morgan fingerprint density at radius 3 is 2.95 bits per heavy atom. The van der Waals surface area contributed by atoms with E-state index in [1.807, 2.05) is 39.0 Å². The molecule has 1 aliphatic heterocycles. The molecule has 1 heterocycles. The summed E-state index contributed by atoms with van der Waals surface area (Å²) in [6.45, 7) is 6.80. The number of carbonyl (C=O) groups is 1. The Morgan fingerprint density at radius 1 is 1.50 bits per heavy atom. The third kappa shape index (κ3) is 4.13. The van der Waals surface area contributed by atoms with Gasteiger partial charge in [-0.3, -0.25) is 0 Å². The molecule has 1 N–H and O–H groups in total. The molecule has 1 aliphatic rings. The van der Waals surface area contributed by atoms with Crippen molar-refractivity contribution in [1.29, 1.82) is 0 Å². The molecule has 0 bridgehead atoms. The Bertz CT molecular complexity index is 496. The standard InChI is InChI=1S/C15H20BrNO3/c1-15(2,3)20-14(18)17-9-10-6-7-19-13-8-11(16)4-5-12(10)13/h4-5,8,10H,6-7,9H2,1-3H3,(H,17,18). The lowest BCUT2D eigenvalue weighted by atomic mass is 9.93. The molecule has 4 nitrogen and oxygen atoms in total. The predicted molar refractivity (Wildman–Crippen MR) is 81.2 cm³/mol. The van der Waals surface area contributed by atoms with Crippen LogP contribution in [0, 0.1) is 0 Å². The highest BCUT2D eigenvalue weighted by Crippen LogP contribution is 2.35. The van der Waals surface area contributed by atoms with Crippen molar-refractivity contribution in [3.63, 3.8) is 0 Å². The lowest BCUT2D eigenvalue weighted by Crippen LogP contribution is -2.35. The number of halogens is 1. The molecule has 1 aromatic rings. The Morgan fingerprint density at radius 2 is 2.25 bits per heavy atom. The number of benzene rings is 1. The molecule has 2 rings (SSSR count). The van der Waals surface area contributed by atoms with Gasteiger partial charge in [-0.15, -0.1) is 0 Å². The maximum absolute atomic E-state index is 11.7. The van der Waals surface area contributed by atoms with Gasteiger partial charge < -0.3 is 14.8 Å². The van der Waals surface area contributed by atoms with Gasteiger partial charge in [0.25, 0.3) is 0 Å². The summed E-state index contributed by atoms with van der Waals surface area (Å²) < 4.78 is 11.9. The van der Waals surface area contributed by atoms with Crippen LogP contribution in [0.4, 0.5) is 4.79 Å². The SMILES string of the molecule is CC(C)(C)OC(=O)NCC1CCOc2cc(Br)ccc21. The van der Waals surface area contributed by atoms with E-state index in [0.29, 0.717) is 13.2 Å². The van der Waals surface area contributed by atoms with Crippen molar-refractivity contribution < 1.29 is 14.3 Å². The smallest absolute Gasteiger partial charge is 0.407 e. The molecular formula is C15H20BrNO3. The molecule has 1 unspecified atom stereocenters. The first kappa shape index (κ1) is 15.2. The number of rotatable bonds is 2. The molecular weight excluding hydrogens is 322 g/mol. The van der Waals surface area contributed by atoms with E-state index in [9.17, 15) is 4.79 Å². The number of carbonyl (C=O) groups excluding carboxylic acids is 1. The van der Waals surface area contributed by atoms with Crippen LogP contribution in [0.1, 0.15) is 38.7 Å². The molecule has 0 spiro atoms. The zero-order valence-corrected chi connectivity index (χ0v) is 13.6. The number of nitrogens with one attached hydrogen (secondary N) is 1. The summed E-state index contributed by atoms with van der Waals surface area (Å²) >= 11 is 3.44. The Kier molecular flexibility index (Phi) is 4.58. The van der Waals surface area contributed by atoms with Crippen LogP contribution < -0.4 is 10.1 Å². The topological polar surface area (TPSA) is 47.6 Å². The maximum Gasteiger partial charge on any atom is 0.407 e. The van der Waals surface area contributed by atoms with Gasteiger partial charge in [0.05, 0.1) is 6.61 Å². The normalized spacial score (nSPS) is 17.9. The summed E-state index contributed by atoms with van der Waals surface area (Å²) in [5, 5.41) is 2.84. The van der Waals surface area contributed by atoms with Gasteiger partial charge >= 0.3 is 6.09 Å². The van der Waals surface area contributed by atoms with E-state index < -0.39 is 5.60 Å². The van der Waals surface area contributed by atoms with Gasteiger partial charge in [0.1, 0.15) is 11.4 Å². The van der Waals surface area contributed by atoms with Gasteiger partial charge in [-0.25, -0.2) is 4.79 Å². The Hall–Kier alpha value is -1.23. The monoisotopic (exact) mass is 341 g/mol. The van der Waals surface area contributed by atoms with Crippen molar-refractivity contribution in [3.05, 3.63) is 28.2 Å². The van der Waals surface area contributed by atoms with E-state index in [-0.39, 0.29) is 12.0 Å². The van der Waals surface area contributed by atoms with Crippen molar-refractivity contribution in [2.75, 3.05) is 13.2 Å². The molecule has 110 valence electrons. The first-order valence-electron chi connectivity index (χ1n) is 6.74. The summed E-state index contributed by atoms with van der Waals surface area (Å²) in [6.07, 6.45) is 0.521. The van der Waals surface area contributed by atoms with Crippen LogP contribution in [0.5, 0.6) is 5.75 Å². The number of alkyl carbamates (subject to hydrolysis) is 1. The van der Waals surface area contributed by atoms with E-state index >= 15 is 0 Å². The summed E-state index contributed by atoms with van der Waals surface area (Å²) in [5.41, 5.74) is 0.665. The second-order valence-corrected chi connectivity index (χ2v) is 6.81. The zero-order chi connectivity index (χ0) is 14.8. The molecule has 1 amide bonds. The lowest BCUT2D eigenvalue weighted by molar-refractivity contribution is 0.0521. The Labute approximate surface area is 128 Å². The third-order valence-electron chi connectivity index (χ3n) is 3.03. The van der Waals surface area contributed by atoms with Crippen molar-refractivity contribution in [1.82, 2.24) is 5.32 Å². The second kappa shape index (κ2) is 6.04. The van der Waals surface area contributed by atoms with Crippen molar-refractivity contribution >= 4 is 22.0 Å². The van der Waals surface area contributed by atoms with Gasteiger partial charge in [0.15, 0.2) is 0 Å². The van der Waals surface area contributed by atoms with Gasteiger partial charge in [0.2, 0.25) is 0 Å². The highest BCUT2D eigenvalue weighted by Gasteiger charge is 2.23. The molecule has 0 fully saturated rings. The number of hydrogen-bond donors (Lipinski definition) is 1. The average Bonchev–Trinajstić information content (AvgIpc) is 2.33. The Balaban J connectivity index is 1.97. The summed E-state index contributed by atoms with van der Waals surface area (Å²) in [5.74, 6) is 1.15. The highest BCUT2D eigenvalue weighted by atomic mass is 79.9. The predicted octanol–water partition coefficient (Wildman–Crippen LogP) is 3.84. The molecule has 0 aliphatic carbocycles. The minimum atomic E-state index is -0.470. The van der Waals surface area contributed by atoms with E-state index in [0.717, 1.165) is 22.2 Å². The lowest BCUT2D eigenvalue weighted by Gasteiger charge is -2.27. The molecule has 1 aromatic carbocycles. The summed E-state index contributed by atoms with van der Waals surface area (Å²) in [4.78, 5) is 11.7. The van der Waals surface area contributed by atoms with Crippen molar-refractivity contribution in [2.45, 2.75) is 38.7 Å². The molecule has 0 saturated heterocycles. The molecule has 0 aromatic heterocycles. The van der Waals surface area contributed by atoms with Crippen LogP contribution in [0.25, 0.3) is 0 Å². The van der Waals surface area contributed by atoms with Gasteiger partial charge in [0, 0.05) is 16.9 Å². The van der Waals surface area contributed by atoms with Crippen LogP contribution in [0.2, 0.25) is 0 Å². The summed E-state index contributed by atoms with van der Waals surface area (Å²) in [7, 11) is 0. The van der Waals surface area contributed by atoms with Gasteiger partial charge in [-0.05, 0) is 44.9 Å². The van der Waals surface area contributed by atoms with Crippen LogP contribution in [0.15, 0.2) is 22.7 Å². The fraction of sp³-hybridized carbons (Fsp3) is 0.533. The highest BCUT2D eigenvalue weighted by molar-refractivity contribution is 9.10. The fourth-order valence-corrected chi connectivity index (χ4v) is 2.51. The number of hydrogen-bond acceptors (Lipinski definition) is 3. The number of amides is 1. The average molecular weight is 342 g/mol. The first-order valence-corrected chi connectivity index (χ1v) is 7.53. The molecule has 0 saturated carbocycles. The minimum absolute atomic E-state index is 0.263. The van der Waals surface area contributed by atoms with Gasteiger partial charge in [-0.1, -0.05) is 22.0 Å². The quantitative estimate of drug-likeness (QED) is 0.888. The molecule has 20 heavy (non-hydrogen) atoms. The largest absolute Gasteiger partial charge is 0.493 e. The number of fused-ring (bicyclic) bond motifs is 1. The second-order valence-electron chi connectivity index (χ2n) is 5.90. The van der Waals surface area contributed by atoms with E-state index in [4.69, 9.17) is 9.47 Å². The first-order chi connectivity index (χ1) is 9.35. The molecule has 1 atom stereocenters. The van der Waals surface area contributed by atoms with Gasteiger partial charge in [-0.2, -0.15) is 0 Å². The molecule has 5 heteroatoms. The van der Waals surface area contributed by atoms with E-state index in [2.05, 4.69) is 21.2 Å². The summed E-state index contributed by atoms with van der Waals surface area (Å²) in [6, 6.07) is 6.00. The van der Waals surface area contributed by atoms with Crippen LogP contribution in [-0.4, -0.2) is 24.8 Å². The van der Waals surface area contributed by atoms with Crippen LogP contribution in [-0.2, 0) is 4.74 Å². The van der Waals surface area contributed by atoms with Crippen LogP contribution >= 0.6 is 15.9 Å². The van der Waals surface area contributed by atoms with E-state index in [1.165, 1.54) is 0 Å². The fourth-order valence-electron chi connectivity index (χ4n) is 2.17. The van der Waals surface area contributed by atoms with Crippen molar-refractivity contribution in [3.8, 4) is 5.75 Å². The number of ether oxygens (including phenoxy) is 2. The zero-order valence-electron chi connectivity index (χ0n) is 12.0. The van der Waals surface area contributed by atoms with E-state index in [1.54, 1.807) is 0 Å². The third-order valence-corrected chi connectivity index (χ3v) is 3.52.